The number of aliphatic hydroxyl groups is 1. The number of ether oxygens (including phenoxy) is 1. The van der Waals surface area contributed by atoms with Crippen molar-refractivity contribution in [3.8, 4) is 23.1 Å². The molecule has 2 aromatic carbocycles. The van der Waals surface area contributed by atoms with E-state index >= 15 is 0 Å². The van der Waals surface area contributed by atoms with Gasteiger partial charge < -0.3 is 30.3 Å². The number of nitrogens with one attached hydrogen (secondary N) is 2. The summed E-state index contributed by atoms with van der Waals surface area (Å²) in [5.74, 6) is 0.996. The molecule has 2 aliphatic rings. The van der Waals surface area contributed by atoms with Crippen LogP contribution in [0.15, 0.2) is 78.2 Å². The molecule has 4 heterocycles. The number of hydrogen-bond donors (Lipinski definition) is 3. The molecular weight excluding hydrogens is 600 g/mol. The number of aromatic nitrogens is 2. The molecule has 3 N–H and O–H groups in total. The number of pyridine rings is 1. The molecule has 1 saturated heterocycles. The van der Waals surface area contributed by atoms with Crippen molar-refractivity contribution in [3.05, 3.63) is 88.6 Å². The van der Waals surface area contributed by atoms with Crippen molar-refractivity contribution < 1.29 is 14.6 Å². The number of amides is 1. The van der Waals surface area contributed by atoms with Crippen molar-refractivity contribution in [2.75, 3.05) is 43.0 Å². The minimum atomic E-state index is -0.152. The van der Waals surface area contributed by atoms with Crippen LogP contribution in [0.3, 0.4) is 0 Å². The molecule has 0 saturated carbocycles. The monoisotopic (exact) mass is 636 g/mol. The lowest BCUT2D eigenvalue weighted by Gasteiger charge is -2.29. The van der Waals surface area contributed by atoms with E-state index in [1.807, 2.05) is 29.2 Å². The predicted octanol–water partition coefficient (Wildman–Crippen LogP) is 4.67. The second-order valence-electron chi connectivity index (χ2n) is 11.2. The summed E-state index contributed by atoms with van der Waals surface area (Å²) >= 11 is 1.32. The Hall–Kier alpha value is -4.83. The second-order valence-corrected chi connectivity index (χ2v) is 12.3. The summed E-state index contributed by atoms with van der Waals surface area (Å²) < 4.78 is 6.11. The number of hydrogen-bond acceptors (Lipinski definition) is 9. The zero-order chi connectivity index (χ0) is 31.7. The van der Waals surface area contributed by atoms with Crippen molar-refractivity contribution in [2.24, 2.45) is 4.99 Å². The fraction of sp³-hybridized carbons (Fsp3) is 0.324. The van der Waals surface area contributed by atoms with Crippen LogP contribution in [0.4, 0.5) is 11.4 Å². The van der Waals surface area contributed by atoms with Gasteiger partial charge in [-0.05, 0) is 72.7 Å². The molecule has 6 rings (SSSR count). The average Bonchev–Trinajstić information content (AvgIpc) is 3.75. The number of carbonyl (C=O) groups excluding carboxylic acids is 1. The number of anilines is 2. The standard InChI is InChI=1S/C34H36N8O3S/c35-23-39-34(40-25-8-13-36-14-9-25)38-22-28-21-37-32(46-28)33(44)42-18-12-30-29(6-2-7-31(30)42)24-4-1-5-27(20-24)45-19-3-15-41-16-10-26(43)11-17-41/h1-2,4-9,13-14,20-21,26,43H,3,10-12,15-19,22H2,(H2,36,38,39,40). The number of nitrogens with zero attached hydrogens (tertiary/aromatic N) is 6. The first-order valence-corrected chi connectivity index (χ1v) is 16.3. The predicted molar refractivity (Wildman–Crippen MR) is 179 cm³/mol. The largest absolute Gasteiger partial charge is 0.494 e. The molecule has 0 spiro atoms. The van der Waals surface area contributed by atoms with Crippen LogP contribution in [0.1, 0.15) is 39.5 Å². The Morgan fingerprint density at radius 3 is 2.78 bits per heavy atom. The van der Waals surface area contributed by atoms with Crippen molar-refractivity contribution in [1.82, 2.24) is 20.2 Å². The molecule has 1 amide bonds. The maximum Gasteiger partial charge on any atom is 0.287 e. The number of carbonyl (C=O) groups is 1. The maximum atomic E-state index is 13.6. The molecule has 12 heteroatoms. The average molecular weight is 637 g/mol. The maximum absolute atomic E-state index is 13.6. The van der Waals surface area contributed by atoms with Gasteiger partial charge in [-0.3, -0.25) is 9.78 Å². The first-order valence-electron chi connectivity index (χ1n) is 15.5. The summed E-state index contributed by atoms with van der Waals surface area (Å²) in [6.45, 7) is 4.43. The van der Waals surface area contributed by atoms with Crippen LogP contribution in [0, 0.1) is 11.5 Å². The van der Waals surface area contributed by atoms with Crippen LogP contribution in [0.2, 0.25) is 0 Å². The Labute approximate surface area is 272 Å². The molecule has 4 aromatic rings. The molecule has 2 aromatic heterocycles. The Morgan fingerprint density at radius 1 is 1.13 bits per heavy atom. The molecule has 11 nitrogen and oxygen atoms in total. The lowest BCUT2D eigenvalue weighted by molar-refractivity contribution is 0.0800. The van der Waals surface area contributed by atoms with Crippen molar-refractivity contribution in [3.63, 3.8) is 0 Å². The first kappa shape index (κ1) is 31.2. The minimum Gasteiger partial charge on any atom is -0.494 e. The van der Waals surface area contributed by atoms with Crippen LogP contribution in [0.5, 0.6) is 5.75 Å². The number of fused-ring (bicyclic) bond motifs is 1. The van der Waals surface area contributed by atoms with E-state index in [4.69, 9.17) is 10.00 Å². The third-order valence-electron chi connectivity index (χ3n) is 8.13. The van der Waals surface area contributed by atoms with Crippen LogP contribution < -0.4 is 20.3 Å². The van der Waals surface area contributed by atoms with Gasteiger partial charge in [0.25, 0.3) is 5.91 Å². The van der Waals surface area contributed by atoms with Gasteiger partial charge in [-0.15, -0.1) is 16.3 Å². The summed E-state index contributed by atoms with van der Waals surface area (Å²) in [4.78, 5) is 30.9. The number of rotatable bonds is 10. The summed E-state index contributed by atoms with van der Waals surface area (Å²) in [6, 6.07) is 17.8. The fourth-order valence-electron chi connectivity index (χ4n) is 5.80. The van der Waals surface area contributed by atoms with E-state index < -0.39 is 0 Å². The van der Waals surface area contributed by atoms with Crippen LogP contribution in [0.25, 0.3) is 11.1 Å². The van der Waals surface area contributed by atoms with Gasteiger partial charge in [0, 0.05) is 61.0 Å². The molecule has 0 unspecified atom stereocenters. The number of benzene rings is 2. The molecule has 2 aliphatic heterocycles. The van der Waals surface area contributed by atoms with Gasteiger partial charge in [0.1, 0.15) is 5.75 Å². The van der Waals surface area contributed by atoms with Crippen LogP contribution in [-0.2, 0) is 13.0 Å². The van der Waals surface area contributed by atoms with Gasteiger partial charge in [-0.1, -0.05) is 24.3 Å². The highest BCUT2D eigenvalue weighted by Crippen LogP contribution is 2.38. The van der Waals surface area contributed by atoms with E-state index in [2.05, 4.69) is 48.7 Å². The number of aliphatic hydroxyl groups excluding tert-OH is 1. The highest BCUT2D eigenvalue weighted by Gasteiger charge is 2.29. The fourth-order valence-corrected chi connectivity index (χ4v) is 6.60. The van der Waals surface area contributed by atoms with Gasteiger partial charge in [0.05, 0.1) is 19.3 Å². The summed E-state index contributed by atoms with van der Waals surface area (Å²) in [6.07, 6.45) is 10.00. The van der Waals surface area contributed by atoms with Gasteiger partial charge in [-0.25, -0.2) is 4.98 Å². The number of nitriles is 1. The van der Waals surface area contributed by atoms with E-state index in [-0.39, 0.29) is 12.0 Å². The molecule has 0 radical (unpaired) electrons. The minimum absolute atomic E-state index is 0.131. The lowest BCUT2D eigenvalue weighted by atomic mass is 9.98. The molecule has 0 aliphatic carbocycles. The third-order valence-corrected chi connectivity index (χ3v) is 9.12. The number of likely N-dealkylation sites (tertiary alicyclic amines) is 1. The molecular formula is C34H36N8O3S. The Bertz CT molecular complexity index is 1710. The molecule has 0 bridgehead atoms. The quantitative estimate of drug-likeness (QED) is 0.0981. The second kappa shape index (κ2) is 15.0. The normalized spacial score (nSPS) is 15.3. The topological polar surface area (TPSA) is 139 Å². The van der Waals surface area contributed by atoms with Gasteiger partial charge in [0.15, 0.2) is 5.01 Å². The highest BCUT2D eigenvalue weighted by atomic mass is 32.1. The summed E-state index contributed by atoms with van der Waals surface area (Å²) in [5.41, 5.74) is 4.94. The van der Waals surface area contributed by atoms with Gasteiger partial charge >= 0.3 is 0 Å². The van der Waals surface area contributed by atoms with Crippen molar-refractivity contribution in [2.45, 2.75) is 38.3 Å². The van der Waals surface area contributed by atoms with Crippen LogP contribution >= 0.6 is 11.3 Å². The summed E-state index contributed by atoms with van der Waals surface area (Å²) in [7, 11) is 0. The van der Waals surface area contributed by atoms with Gasteiger partial charge in [-0.2, -0.15) is 5.26 Å². The van der Waals surface area contributed by atoms with Crippen molar-refractivity contribution >= 4 is 34.6 Å². The third kappa shape index (κ3) is 7.69. The molecule has 0 atom stereocenters. The Morgan fingerprint density at radius 2 is 1.96 bits per heavy atom. The van der Waals surface area contributed by atoms with E-state index in [0.717, 1.165) is 84.0 Å². The smallest absolute Gasteiger partial charge is 0.287 e. The summed E-state index contributed by atoms with van der Waals surface area (Å²) in [5, 5.41) is 25.4. The van der Waals surface area contributed by atoms with E-state index in [9.17, 15) is 9.90 Å². The number of guanidine groups is 1. The lowest BCUT2D eigenvalue weighted by Crippen LogP contribution is -2.36. The van der Waals surface area contributed by atoms with Crippen LogP contribution in [-0.4, -0.2) is 70.7 Å². The molecule has 46 heavy (non-hydrogen) atoms. The molecule has 1 fully saturated rings. The Balaban J connectivity index is 1.07. The first-order chi connectivity index (χ1) is 22.6. The molecule has 236 valence electrons. The van der Waals surface area contributed by atoms with E-state index in [0.29, 0.717) is 30.7 Å². The van der Waals surface area contributed by atoms with E-state index in [1.54, 1.807) is 36.9 Å². The highest BCUT2D eigenvalue weighted by molar-refractivity contribution is 7.13. The zero-order valence-electron chi connectivity index (χ0n) is 25.4. The number of aliphatic imine (C=N–C) groups is 1. The number of piperidine rings is 1. The van der Waals surface area contributed by atoms with Crippen molar-refractivity contribution in [1.29, 1.82) is 5.26 Å². The number of thiazole rings is 1. The SMILES string of the molecule is N#C/N=C(\NCc1cnc(C(=O)N2CCc3c(-c4cccc(OCCCN5CCC(O)CC5)c4)cccc32)s1)Nc1ccncc1. The Kier molecular flexibility index (Phi) is 10.1. The van der Waals surface area contributed by atoms with E-state index in [1.165, 1.54) is 11.3 Å². The zero-order valence-corrected chi connectivity index (χ0v) is 26.2. The van der Waals surface area contributed by atoms with Gasteiger partial charge in [0.2, 0.25) is 12.2 Å².